The molecule has 1 atom stereocenters. The van der Waals surface area contributed by atoms with E-state index in [1.54, 1.807) is 19.2 Å². The Morgan fingerprint density at radius 1 is 1.56 bits per heavy atom. The van der Waals surface area contributed by atoms with E-state index in [-0.39, 0.29) is 5.91 Å². The molecular formula is C14H20N2O2. The molecule has 0 radical (unpaired) electrons. The molecule has 2 N–H and O–H groups in total. The third-order valence-corrected chi connectivity index (χ3v) is 3.44. The number of amides is 1. The van der Waals surface area contributed by atoms with Crippen LogP contribution in [0.3, 0.4) is 0 Å². The van der Waals surface area contributed by atoms with Crippen molar-refractivity contribution in [2.45, 2.75) is 19.4 Å². The summed E-state index contributed by atoms with van der Waals surface area (Å²) in [6, 6.07) is 7.36. The summed E-state index contributed by atoms with van der Waals surface area (Å²) >= 11 is 0. The highest BCUT2D eigenvalue weighted by Crippen LogP contribution is 2.22. The molecule has 1 fully saturated rings. The van der Waals surface area contributed by atoms with Gasteiger partial charge in [0.25, 0.3) is 0 Å². The Labute approximate surface area is 108 Å². The molecule has 0 aliphatic carbocycles. The zero-order valence-corrected chi connectivity index (χ0v) is 10.7. The Balaban J connectivity index is 1.84. The average Bonchev–Trinajstić information content (AvgIpc) is 2.76. The molecule has 1 saturated heterocycles. The Bertz CT molecular complexity index is 420. The molecule has 2 rings (SSSR count). The van der Waals surface area contributed by atoms with E-state index in [0.717, 1.165) is 31.6 Å². The summed E-state index contributed by atoms with van der Waals surface area (Å²) in [7, 11) is 1.68. The Morgan fingerprint density at radius 3 is 3.11 bits per heavy atom. The lowest BCUT2D eigenvalue weighted by Crippen LogP contribution is -2.24. The summed E-state index contributed by atoms with van der Waals surface area (Å²) in [5, 5.41) is 12.1. The highest BCUT2D eigenvalue weighted by molar-refractivity contribution is 5.75. The zero-order valence-electron chi connectivity index (χ0n) is 10.7. The second-order valence-electron chi connectivity index (χ2n) is 4.94. The lowest BCUT2D eigenvalue weighted by molar-refractivity contribution is -0.121. The molecule has 4 nitrogen and oxygen atoms in total. The van der Waals surface area contributed by atoms with Gasteiger partial charge in [0.15, 0.2) is 0 Å². The van der Waals surface area contributed by atoms with E-state index in [4.69, 9.17) is 0 Å². The molecule has 4 heteroatoms. The number of nitrogens with zero attached hydrogens (tertiary/aromatic N) is 1. The van der Waals surface area contributed by atoms with E-state index in [9.17, 15) is 9.90 Å². The van der Waals surface area contributed by atoms with Crippen molar-refractivity contribution in [3.05, 3.63) is 29.8 Å². The number of hydrogen-bond donors (Lipinski definition) is 2. The molecule has 1 heterocycles. The van der Waals surface area contributed by atoms with Crippen molar-refractivity contribution < 1.29 is 9.90 Å². The average molecular weight is 248 g/mol. The molecule has 0 aromatic heterocycles. The van der Waals surface area contributed by atoms with Gasteiger partial charge in [0.2, 0.25) is 5.91 Å². The van der Waals surface area contributed by atoms with Crippen LogP contribution in [0.2, 0.25) is 0 Å². The van der Waals surface area contributed by atoms with Crippen LogP contribution in [0.4, 0.5) is 0 Å². The molecule has 0 spiro atoms. The van der Waals surface area contributed by atoms with Crippen molar-refractivity contribution >= 4 is 5.91 Å². The molecule has 1 amide bonds. The number of carbonyl (C=O) groups excluding carboxylic acids is 1. The van der Waals surface area contributed by atoms with Crippen molar-refractivity contribution in [1.29, 1.82) is 0 Å². The molecular weight excluding hydrogens is 228 g/mol. The first-order valence-corrected chi connectivity index (χ1v) is 6.38. The van der Waals surface area contributed by atoms with Gasteiger partial charge in [-0.25, -0.2) is 0 Å². The number of aromatic hydroxyl groups is 1. The molecule has 1 aliphatic heterocycles. The van der Waals surface area contributed by atoms with Crippen molar-refractivity contribution in [3.63, 3.8) is 0 Å². The van der Waals surface area contributed by atoms with Gasteiger partial charge in [-0.1, -0.05) is 12.1 Å². The standard InChI is InChI=1S/C14H20N2O2/c1-15-14(18)8-12-5-6-16(10-12)9-11-3-2-4-13(17)7-11/h2-4,7,12,17H,5-6,8-10H2,1H3,(H,15,18)/t12-/m0/s1. The summed E-state index contributed by atoms with van der Waals surface area (Å²) in [5.41, 5.74) is 1.12. The SMILES string of the molecule is CNC(=O)C[C@@H]1CCN(Cc2cccc(O)c2)C1. The summed E-state index contributed by atoms with van der Waals surface area (Å²) < 4.78 is 0. The predicted molar refractivity (Wildman–Crippen MR) is 70.2 cm³/mol. The first kappa shape index (κ1) is 12.9. The first-order valence-electron chi connectivity index (χ1n) is 6.38. The van der Waals surface area contributed by atoms with E-state index in [1.807, 2.05) is 12.1 Å². The maximum atomic E-state index is 11.3. The minimum atomic E-state index is 0.124. The van der Waals surface area contributed by atoms with Crippen LogP contribution in [-0.4, -0.2) is 36.1 Å². The Hall–Kier alpha value is -1.55. The molecule has 18 heavy (non-hydrogen) atoms. The van der Waals surface area contributed by atoms with Crippen LogP contribution in [0.1, 0.15) is 18.4 Å². The fourth-order valence-corrected chi connectivity index (χ4v) is 2.50. The molecule has 0 saturated carbocycles. The second kappa shape index (κ2) is 5.87. The van der Waals surface area contributed by atoms with Gasteiger partial charge >= 0.3 is 0 Å². The number of hydrogen-bond acceptors (Lipinski definition) is 3. The third kappa shape index (κ3) is 3.47. The number of phenolic OH excluding ortho intramolecular Hbond substituents is 1. The number of rotatable bonds is 4. The highest BCUT2D eigenvalue weighted by atomic mass is 16.3. The maximum Gasteiger partial charge on any atom is 0.220 e. The largest absolute Gasteiger partial charge is 0.508 e. The molecule has 1 aromatic carbocycles. The maximum absolute atomic E-state index is 11.3. The lowest BCUT2D eigenvalue weighted by atomic mass is 10.0. The lowest BCUT2D eigenvalue weighted by Gasteiger charge is -2.16. The van der Waals surface area contributed by atoms with E-state index in [2.05, 4.69) is 10.2 Å². The molecule has 1 aromatic rings. The fraction of sp³-hybridized carbons (Fsp3) is 0.500. The number of carbonyl (C=O) groups is 1. The van der Waals surface area contributed by atoms with Crippen LogP contribution in [-0.2, 0) is 11.3 Å². The predicted octanol–water partition coefficient (Wildman–Crippen LogP) is 1.35. The van der Waals surface area contributed by atoms with E-state index in [1.165, 1.54) is 0 Å². The number of likely N-dealkylation sites (tertiary alicyclic amines) is 1. The van der Waals surface area contributed by atoms with Gasteiger partial charge in [-0.3, -0.25) is 9.69 Å². The topological polar surface area (TPSA) is 52.6 Å². The smallest absolute Gasteiger partial charge is 0.220 e. The van der Waals surface area contributed by atoms with Gasteiger partial charge in [0.1, 0.15) is 5.75 Å². The van der Waals surface area contributed by atoms with E-state index in [0.29, 0.717) is 18.1 Å². The molecule has 1 aliphatic rings. The number of benzene rings is 1. The summed E-state index contributed by atoms with van der Waals surface area (Å²) in [6.07, 6.45) is 1.69. The highest BCUT2D eigenvalue weighted by Gasteiger charge is 2.24. The summed E-state index contributed by atoms with van der Waals surface area (Å²) in [4.78, 5) is 13.7. The van der Waals surface area contributed by atoms with Gasteiger partial charge in [0.05, 0.1) is 0 Å². The Kier molecular flexibility index (Phi) is 4.20. The van der Waals surface area contributed by atoms with Crippen LogP contribution in [0.25, 0.3) is 0 Å². The van der Waals surface area contributed by atoms with Crippen LogP contribution < -0.4 is 5.32 Å². The molecule has 98 valence electrons. The quantitative estimate of drug-likeness (QED) is 0.845. The van der Waals surface area contributed by atoms with Crippen molar-refractivity contribution in [2.75, 3.05) is 20.1 Å². The fourth-order valence-electron chi connectivity index (χ4n) is 2.50. The van der Waals surface area contributed by atoms with Crippen LogP contribution >= 0.6 is 0 Å². The van der Waals surface area contributed by atoms with Crippen molar-refractivity contribution in [2.24, 2.45) is 5.92 Å². The number of nitrogens with one attached hydrogen (secondary N) is 1. The van der Waals surface area contributed by atoms with Crippen molar-refractivity contribution in [3.8, 4) is 5.75 Å². The van der Waals surface area contributed by atoms with Gasteiger partial charge < -0.3 is 10.4 Å². The van der Waals surface area contributed by atoms with Gasteiger partial charge in [-0.2, -0.15) is 0 Å². The number of phenols is 1. The Morgan fingerprint density at radius 2 is 2.39 bits per heavy atom. The summed E-state index contributed by atoms with van der Waals surface area (Å²) in [6.45, 7) is 2.83. The second-order valence-corrected chi connectivity index (χ2v) is 4.94. The van der Waals surface area contributed by atoms with E-state index >= 15 is 0 Å². The third-order valence-electron chi connectivity index (χ3n) is 3.44. The van der Waals surface area contributed by atoms with Gasteiger partial charge in [-0.15, -0.1) is 0 Å². The first-order chi connectivity index (χ1) is 8.67. The van der Waals surface area contributed by atoms with Crippen molar-refractivity contribution in [1.82, 2.24) is 10.2 Å². The monoisotopic (exact) mass is 248 g/mol. The van der Waals surface area contributed by atoms with Crippen LogP contribution in [0.15, 0.2) is 24.3 Å². The van der Waals surface area contributed by atoms with Gasteiger partial charge in [0, 0.05) is 26.6 Å². The molecule has 0 bridgehead atoms. The van der Waals surface area contributed by atoms with Gasteiger partial charge in [-0.05, 0) is 36.6 Å². The zero-order chi connectivity index (χ0) is 13.0. The normalized spacial score (nSPS) is 19.9. The van der Waals surface area contributed by atoms with E-state index < -0.39 is 0 Å². The summed E-state index contributed by atoms with van der Waals surface area (Å²) in [5.74, 6) is 0.898. The molecule has 0 unspecified atom stereocenters. The minimum Gasteiger partial charge on any atom is -0.508 e. The van der Waals surface area contributed by atoms with Crippen LogP contribution in [0, 0.1) is 5.92 Å². The van der Waals surface area contributed by atoms with Crippen LogP contribution in [0.5, 0.6) is 5.75 Å². The minimum absolute atomic E-state index is 0.124.